The number of aliphatic hydroxyl groups excluding tert-OH is 1. The van der Waals surface area contributed by atoms with Gasteiger partial charge in [-0.15, -0.1) is 0 Å². The summed E-state index contributed by atoms with van der Waals surface area (Å²) in [6, 6.07) is 0. The quantitative estimate of drug-likeness (QED) is 0.849. The van der Waals surface area contributed by atoms with E-state index in [-0.39, 0.29) is 12.0 Å². The third-order valence-electron chi connectivity index (χ3n) is 4.12. The van der Waals surface area contributed by atoms with Gasteiger partial charge in [0.05, 0.1) is 19.8 Å². The molecule has 1 aromatic rings. The highest BCUT2D eigenvalue weighted by Crippen LogP contribution is 2.30. The summed E-state index contributed by atoms with van der Waals surface area (Å²) in [5, 5.41) is 9.70. The molecule has 1 aromatic heterocycles. The normalized spacial score (nSPS) is 29.2. The minimum absolute atomic E-state index is 0.0625. The molecule has 1 unspecified atom stereocenters. The van der Waals surface area contributed by atoms with E-state index in [1.807, 2.05) is 12.4 Å². The van der Waals surface area contributed by atoms with Crippen LogP contribution in [0.5, 0.6) is 0 Å². The van der Waals surface area contributed by atoms with Crippen molar-refractivity contribution < 1.29 is 9.84 Å². The molecule has 0 spiro atoms. The van der Waals surface area contributed by atoms with Crippen molar-refractivity contribution in [3.8, 4) is 0 Å². The molecule has 3 rings (SSSR count). The summed E-state index contributed by atoms with van der Waals surface area (Å²) in [6.07, 6.45) is 6.03. The van der Waals surface area contributed by atoms with Crippen molar-refractivity contribution in [3.63, 3.8) is 0 Å². The number of nitrogens with zero attached hydrogens (tertiary/aromatic N) is 3. The van der Waals surface area contributed by atoms with E-state index in [2.05, 4.69) is 14.5 Å². The second-order valence-electron chi connectivity index (χ2n) is 5.56. The van der Waals surface area contributed by atoms with Crippen molar-refractivity contribution in [2.24, 2.45) is 5.41 Å². The van der Waals surface area contributed by atoms with Crippen LogP contribution >= 0.6 is 0 Å². The summed E-state index contributed by atoms with van der Waals surface area (Å²) < 4.78 is 7.77. The zero-order valence-electron chi connectivity index (χ0n) is 10.7. The van der Waals surface area contributed by atoms with Gasteiger partial charge in [-0.2, -0.15) is 0 Å². The zero-order valence-corrected chi connectivity index (χ0v) is 10.7. The van der Waals surface area contributed by atoms with Gasteiger partial charge in [-0.3, -0.25) is 4.90 Å². The van der Waals surface area contributed by atoms with E-state index in [1.165, 1.54) is 0 Å². The van der Waals surface area contributed by atoms with Gasteiger partial charge < -0.3 is 14.4 Å². The van der Waals surface area contributed by atoms with Gasteiger partial charge in [-0.25, -0.2) is 4.98 Å². The van der Waals surface area contributed by atoms with Crippen LogP contribution in [0.4, 0.5) is 0 Å². The summed E-state index contributed by atoms with van der Waals surface area (Å²) in [7, 11) is 0. The Morgan fingerprint density at radius 1 is 1.44 bits per heavy atom. The lowest BCUT2D eigenvalue weighted by molar-refractivity contribution is -0.0587. The fourth-order valence-electron chi connectivity index (χ4n) is 3.04. The van der Waals surface area contributed by atoms with Crippen LogP contribution in [0.25, 0.3) is 0 Å². The van der Waals surface area contributed by atoms with Crippen LogP contribution in [0.3, 0.4) is 0 Å². The van der Waals surface area contributed by atoms with Gasteiger partial charge in [0.2, 0.25) is 0 Å². The number of hydrogen-bond donors (Lipinski definition) is 1. The third kappa shape index (κ3) is 2.30. The number of ether oxygens (including phenoxy) is 1. The van der Waals surface area contributed by atoms with Crippen molar-refractivity contribution >= 4 is 0 Å². The molecule has 0 bridgehead atoms. The van der Waals surface area contributed by atoms with Crippen molar-refractivity contribution in [1.82, 2.24) is 14.5 Å². The monoisotopic (exact) mass is 251 g/mol. The molecule has 0 saturated carbocycles. The van der Waals surface area contributed by atoms with Crippen molar-refractivity contribution in [1.29, 1.82) is 0 Å². The summed E-state index contributed by atoms with van der Waals surface area (Å²) in [5.41, 5.74) is -0.0625. The maximum Gasteiger partial charge on any atom is 0.122 e. The fourth-order valence-corrected chi connectivity index (χ4v) is 3.04. The Morgan fingerprint density at radius 3 is 3.17 bits per heavy atom. The van der Waals surface area contributed by atoms with Gasteiger partial charge in [0, 0.05) is 44.0 Å². The summed E-state index contributed by atoms with van der Waals surface area (Å²) >= 11 is 0. The van der Waals surface area contributed by atoms with Crippen molar-refractivity contribution in [2.75, 3.05) is 32.9 Å². The lowest BCUT2D eigenvalue weighted by atomic mass is 9.82. The molecule has 3 heterocycles. The van der Waals surface area contributed by atoms with E-state index in [1.54, 1.807) is 0 Å². The Bertz CT molecular complexity index is 399. The van der Waals surface area contributed by atoms with Gasteiger partial charge in [-0.05, 0) is 12.8 Å². The van der Waals surface area contributed by atoms with E-state index in [4.69, 9.17) is 4.74 Å². The van der Waals surface area contributed by atoms with E-state index in [0.29, 0.717) is 6.61 Å². The molecule has 1 fully saturated rings. The Balaban J connectivity index is 1.66. The molecule has 0 aliphatic carbocycles. The summed E-state index contributed by atoms with van der Waals surface area (Å²) in [4.78, 5) is 6.77. The average molecular weight is 251 g/mol. The number of fused-ring (bicyclic) bond motifs is 1. The third-order valence-corrected chi connectivity index (χ3v) is 4.12. The van der Waals surface area contributed by atoms with Crippen molar-refractivity contribution in [3.05, 3.63) is 18.2 Å². The molecule has 1 saturated heterocycles. The maximum atomic E-state index is 9.70. The fraction of sp³-hybridized carbons (Fsp3) is 0.769. The van der Waals surface area contributed by atoms with Gasteiger partial charge in [0.1, 0.15) is 5.82 Å². The van der Waals surface area contributed by atoms with Crippen LogP contribution in [-0.4, -0.2) is 52.5 Å². The number of imidazole rings is 1. The largest absolute Gasteiger partial charge is 0.396 e. The lowest BCUT2D eigenvalue weighted by Gasteiger charge is -2.40. The Kier molecular flexibility index (Phi) is 3.37. The van der Waals surface area contributed by atoms with Crippen LogP contribution < -0.4 is 0 Å². The Morgan fingerprint density at radius 2 is 2.39 bits per heavy atom. The summed E-state index contributed by atoms with van der Waals surface area (Å²) in [5.74, 6) is 1.13. The molecular weight excluding hydrogens is 230 g/mol. The summed E-state index contributed by atoms with van der Waals surface area (Å²) in [6.45, 7) is 5.58. The van der Waals surface area contributed by atoms with E-state index in [0.717, 1.165) is 51.5 Å². The average Bonchev–Trinajstić information content (AvgIpc) is 2.87. The van der Waals surface area contributed by atoms with Crippen LogP contribution in [0.1, 0.15) is 18.7 Å². The number of hydrogen-bond acceptors (Lipinski definition) is 4. The first kappa shape index (κ1) is 12.1. The SMILES string of the molecule is OCC1(CN2CCn3ccnc3C2)CCCOC1. The smallest absolute Gasteiger partial charge is 0.122 e. The van der Waals surface area contributed by atoms with E-state index in [9.17, 15) is 5.11 Å². The molecule has 5 heteroatoms. The first-order chi connectivity index (χ1) is 8.81. The molecule has 1 N–H and O–H groups in total. The molecule has 1 atom stereocenters. The zero-order chi connectivity index (χ0) is 12.4. The number of aliphatic hydroxyl groups is 1. The number of rotatable bonds is 3. The lowest BCUT2D eigenvalue weighted by Crippen LogP contribution is -2.47. The minimum atomic E-state index is -0.0625. The molecule has 5 nitrogen and oxygen atoms in total. The molecule has 2 aliphatic heterocycles. The van der Waals surface area contributed by atoms with Crippen LogP contribution in [-0.2, 0) is 17.8 Å². The van der Waals surface area contributed by atoms with E-state index >= 15 is 0 Å². The van der Waals surface area contributed by atoms with Gasteiger partial charge in [-0.1, -0.05) is 0 Å². The molecule has 100 valence electrons. The van der Waals surface area contributed by atoms with Gasteiger partial charge in [0.25, 0.3) is 0 Å². The van der Waals surface area contributed by atoms with Crippen LogP contribution in [0.2, 0.25) is 0 Å². The molecule has 0 amide bonds. The van der Waals surface area contributed by atoms with Gasteiger partial charge in [0.15, 0.2) is 0 Å². The van der Waals surface area contributed by atoms with Crippen LogP contribution in [0.15, 0.2) is 12.4 Å². The van der Waals surface area contributed by atoms with Crippen molar-refractivity contribution in [2.45, 2.75) is 25.9 Å². The predicted octanol–water partition coefficient (Wildman–Crippen LogP) is 0.488. The first-order valence-corrected chi connectivity index (χ1v) is 6.72. The molecule has 0 radical (unpaired) electrons. The highest BCUT2D eigenvalue weighted by atomic mass is 16.5. The predicted molar refractivity (Wildman–Crippen MR) is 67.1 cm³/mol. The highest BCUT2D eigenvalue weighted by Gasteiger charge is 2.35. The molecule has 0 aromatic carbocycles. The molecule has 2 aliphatic rings. The highest BCUT2D eigenvalue weighted by molar-refractivity contribution is 4.97. The second kappa shape index (κ2) is 4.99. The topological polar surface area (TPSA) is 50.5 Å². The second-order valence-corrected chi connectivity index (χ2v) is 5.56. The maximum absolute atomic E-state index is 9.70. The van der Waals surface area contributed by atoms with E-state index < -0.39 is 0 Å². The molecule has 18 heavy (non-hydrogen) atoms. The van der Waals surface area contributed by atoms with Crippen LogP contribution in [0, 0.1) is 5.41 Å². The standard InChI is InChI=1S/C13H21N3O2/c17-10-13(2-1-7-18-11-13)9-15-5-6-16-4-3-14-12(16)8-15/h3-4,17H,1-2,5-11H2. The Hall–Kier alpha value is -0.910. The molecular formula is C13H21N3O2. The minimum Gasteiger partial charge on any atom is -0.396 e. The Labute approximate surface area is 107 Å². The number of aromatic nitrogens is 2. The van der Waals surface area contributed by atoms with Gasteiger partial charge >= 0.3 is 0 Å². The first-order valence-electron chi connectivity index (χ1n) is 6.72.